The van der Waals surface area contributed by atoms with E-state index in [0.29, 0.717) is 17.1 Å². The topological polar surface area (TPSA) is 79.9 Å². The van der Waals surface area contributed by atoms with Gasteiger partial charge in [-0.15, -0.1) is 5.11 Å². The van der Waals surface area contributed by atoms with Gasteiger partial charge in [0.15, 0.2) is 0 Å². The minimum absolute atomic E-state index is 0.153. The predicted molar refractivity (Wildman–Crippen MR) is 105 cm³/mol. The molecule has 0 unspecified atom stereocenters. The Bertz CT molecular complexity index is 968. The third-order valence-electron chi connectivity index (χ3n) is 4.25. The van der Waals surface area contributed by atoms with Crippen LogP contribution in [0.4, 0.5) is 17.1 Å². The molecule has 0 saturated carbocycles. The Morgan fingerprint density at radius 3 is 2.37 bits per heavy atom. The maximum absolute atomic E-state index is 12.5. The average molecular weight is 362 g/mol. The van der Waals surface area contributed by atoms with Crippen molar-refractivity contribution in [3.8, 4) is 0 Å². The lowest BCUT2D eigenvalue weighted by Gasteiger charge is -2.08. The molecule has 1 amide bonds. The summed E-state index contributed by atoms with van der Waals surface area (Å²) in [5.74, 6) is 0.505. The molecule has 6 nitrogen and oxygen atoms in total. The minimum Gasteiger partial charge on any atom is -0.361 e. The van der Waals surface area contributed by atoms with Crippen LogP contribution in [0.25, 0.3) is 0 Å². The monoisotopic (exact) mass is 362 g/mol. The molecule has 0 fully saturated rings. The lowest BCUT2D eigenvalue weighted by molar-refractivity contribution is -0.115. The van der Waals surface area contributed by atoms with E-state index in [1.54, 1.807) is 6.92 Å². The molecule has 1 heterocycles. The van der Waals surface area contributed by atoms with Crippen LogP contribution in [-0.2, 0) is 11.2 Å². The van der Waals surface area contributed by atoms with Gasteiger partial charge in [-0.3, -0.25) is 4.79 Å². The van der Waals surface area contributed by atoms with Crippen molar-refractivity contribution in [1.29, 1.82) is 0 Å². The summed E-state index contributed by atoms with van der Waals surface area (Å²) in [6, 6.07) is 13.4. The molecule has 0 bridgehead atoms. The van der Waals surface area contributed by atoms with E-state index in [2.05, 4.69) is 20.7 Å². The fraction of sp³-hybridized carbons (Fsp3) is 0.238. The van der Waals surface area contributed by atoms with Gasteiger partial charge < -0.3 is 9.84 Å². The van der Waals surface area contributed by atoms with E-state index in [0.717, 1.165) is 28.1 Å². The van der Waals surface area contributed by atoms with Crippen LogP contribution >= 0.6 is 0 Å². The highest BCUT2D eigenvalue weighted by Gasteiger charge is 2.14. The third-order valence-corrected chi connectivity index (χ3v) is 4.25. The standard InChI is InChI=1S/C21H22N4O2/c1-13-5-8-17(9-6-13)23-24-20-11-14(2)7-10-19(20)22-21(26)12-18-15(3)25-27-16(18)4/h5-11H,12H2,1-4H3,(H,22,26). The van der Waals surface area contributed by atoms with Crippen LogP contribution < -0.4 is 5.32 Å². The van der Waals surface area contributed by atoms with Crippen LogP contribution in [0.3, 0.4) is 0 Å². The zero-order chi connectivity index (χ0) is 19.4. The van der Waals surface area contributed by atoms with Gasteiger partial charge in [0.05, 0.1) is 23.5 Å². The summed E-state index contributed by atoms with van der Waals surface area (Å²) in [6.07, 6.45) is 0.198. The molecule has 0 aliphatic carbocycles. The van der Waals surface area contributed by atoms with E-state index in [9.17, 15) is 4.79 Å². The number of carbonyl (C=O) groups excluding carboxylic acids is 1. The Labute approximate surface area is 158 Å². The van der Waals surface area contributed by atoms with Crippen molar-refractivity contribution in [3.05, 3.63) is 70.6 Å². The van der Waals surface area contributed by atoms with Crippen molar-refractivity contribution in [1.82, 2.24) is 5.16 Å². The van der Waals surface area contributed by atoms with Crippen LogP contribution in [0.1, 0.15) is 28.1 Å². The number of amides is 1. The maximum atomic E-state index is 12.5. The second-order valence-corrected chi connectivity index (χ2v) is 6.58. The van der Waals surface area contributed by atoms with E-state index >= 15 is 0 Å². The van der Waals surface area contributed by atoms with Gasteiger partial charge in [-0.25, -0.2) is 0 Å². The number of carbonyl (C=O) groups is 1. The van der Waals surface area contributed by atoms with Gasteiger partial charge in [-0.05, 0) is 57.5 Å². The number of nitrogens with one attached hydrogen (secondary N) is 1. The fourth-order valence-electron chi connectivity index (χ4n) is 2.66. The Balaban J connectivity index is 1.79. The van der Waals surface area contributed by atoms with Crippen LogP contribution in [-0.4, -0.2) is 11.1 Å². The number of hydrogen-bond acceptors (Lipinski definition) is 5. The molecule has 6 heteroatoms. The second-order valence-electron chi connectivity index (χ2n) is 6.58. The highest BCUT2D eigenvalue weighted by Crippen LogP contribution is 2.28. The van der Waals surface area contributed by atoms with Gasteiger partial charge in [-0.2, -0.15) is 5.11 Å². The summed E-state index contributed by atoms with van der Waals surface area (Å²) < 4.78 is 5.12. The number of azo groups is 1. The summed E-state index contributed by atoms with van der Waals surface area (Å²) in [5, 5.41) is 15.4. The predicted octanol–water partition coefficient (Wildman–Crippen LogP) is 5.50. The fourth-order valence-corrected chi connectivity index (χ4v) is 2.66. The Hall–Kier alpha value is -3.28. The van der Waals surface area contributed by atoms with Gasteiger partial charge in [0, 0.05) is 5.56 Å². The highest BCUT2D eigenvalue weighted by atomic mass is 16.5. The second kappa shape index (κ2) is 7.95. The van der Waals surface area contributed by atoms with Gasteiger partial charge in [0.1, 0.15) is 11.4 Å². The van der Waals surface area contributed by atoms with Crippen molar-refractivity contribution < 1.29 is 9.32 Å². The Kier molecular flexibility index (Phi) is 5.45. The lowest BCUT2D eigenvalue weighted by atomic mass is 10.1. The summed E-state index contributed by atoms with van der Waals surface area (Å²) in [5.41, 5.74) is 5.73. The summed E-state index contributed by atoms with van der Waals surface area (Å²) in [7, 11) is 0. The molecule has 0 saturated heterocycles. The Morgan fingerprint density at radius 1 is 1.00 bits per heavy atom. The zero-order valence-corrected chi connectivity index (χ0v) is 15.9. The van der Waals surface area contributed by atoms with Crippen LogP contribution in [0, 0.1) is 27.7 Å². The lowest BCUT2D eigenvalue weighted by Crippen LogP contribution is -2.15. The van der Waals surface area contributed by atoms with Crippen LogP contribution in [0.2, 0.25) is 0 Å². The van der Waals surface area contributed by atoms with Crippen molar-refractivity contribution in [2.24, 2.45) is 10.2 Å². The van der Waals surface area contributed by atoms with Gasteiger partial charge in [0.2, 0.25) is 5.91 Å². The highest BCUT2D eigenvalue weighted by molar-refractivity contribution is 5.95. The third kappa shape index (κ3) is 4.67. The molecule has 1 N–H and O–H groups in total. The number of aryl methyl sites for hydroxylation is 4. The number of aromatic nitrogens is 1. The van der Waals surface area contributed by atoms with Gasteiger partial charge >= 0.3 is 0 Å². The molecule has 1 aromatic heterocycles. The van der Waals surface area contributed by atoms with E-state index in [-0.39, 0.29) is 12.3 Å². The number of hydrogen-bond donors (Lipinski definition) is 1. The van der Waals surface area contributed by atoms with Crippen LogP contribution in [0.15, 0.2) is 57.2 Å². The smallest absolute Gasteiger partial charge is 0.229 e. The molecule has 138 valence electrons. The van der Waals surface area contributed by atoms with Gasteiger partial charge in [-0.1, -0.05) is 28.9 Å². The first kappa shape index (κ1) is 18.5. The largest absolute Gasteiger partial charge is 0.361 e. The number of benzene rings is 2. The first-order valence-electron chi connectivity index (χ1n) is 8.73. The molecule has 0 radical (unpaired) electrons. The van der Waals surface area contributed by atoms with Gasteiger partial charge in [0.25, 0.3) is 0 Å². The molecule has 2 aromatic carbocycles. The van der Waals surface area contributed by atoms with E-state index < -0.39 is 0 Å². The molecule has 0 aliphatic heterocycles. The Morgan fingerprint density at radius 2 is 1.70 bits per heavy atom. The molecule has 27 heavy (non-hydrogen) atoms. The van der Waals surface area contributed by atoms with E-state index in [1.165, 1.54) is 0 Å². The molecular formula is C21H22N4O2. The van der Waals surface area contributed by atoms with Crippen LogP contribution in [0.5, 0.6) is 0 Å². The quantitative estimate of drug-likeness (QED) is 0.608. The molecule has 0 atom stereocenters. The molecular weight excluding hydrogens is 340 g/mol. The van der Waals surface area contributed by atoms with Crippen molar-refractivity contribution in [2.75, 3.05) is 5.32 Å². The van der Waals surface area contributed by atoms with Crippen molar-refractivity contribution in [2.45, 2.75) is 34.1 Å². The first-order valence-corrected chi connectivity index (χ1v) is 8.73. The summed E-state index contributed by atoms with van der Waals surface area (Å²) >= 11 is 0. The minimum atomic E-state index is -0.153. The molecule has 3 rings (SSSR count). The van der Waals surface area contributed by atoms with E-state index in [1.807, 2.05) is 63.2 Å². The molecule has 0 aliphatic rings. The first-order chi connectivity index (χ1) is 12.9. The normalized spacial score (nSPS) is 11.1. The van der Waals surface area contributed by atoms with Crippen molar-refractivity contribution >= 4 is 23.0 Å². The number of anilines is 1. The number of nitrogens with zero attached hydrogens (tertiary/aromatic N) is 3. The zero-order valence-electron chi connectivity index (χ0n) is 15.9. The molecule has 3 aromatic rings. The van der Waals surface area contributed by atoms with Crippen molar-refractivity contribution in [3.63, 3.8) is 0 Å². The summed E-state index contributed by atoms with van der Waals surface area (Å²) in [4.78, 5) is 12.5. The SMILES string of the molecule is Cc1ccc(N=Nc2cc(C)ccc2NC(=O)Cc2c(C)noc2C)cc1. The molecule has 0 spiro atoms. The maximum Gasteiger partial charge on any atom is 0.229 e. The van der Waals surface area contributed by atoms with E-state index in [4.69, 9.17) is 4.52 Å². The average Bonchev–Trinajstić information content (AvgIpc) is 2.95. The summed E-state index contributed by atoms with van der Waals surface area (Å²) in [6.45, 7) is 7.62. The number of rotatable bonds is 5.